The molecule has 0 fully saturated rings. The van der Waals surface area contributed by atoms with Crippen LogP contribution in [0.1, 0.15) is 5.56 Å². The van der Waals surface area contributed by atoms with E-state index < -0.39 is 35.6 Å². The van der Waals surface area contributed by atoms with E-state index in [4.69, 9.17) is 4.74 Å². The fourth-order valence-corrected chi connectivity index (χ4v) is 2.94. The van der Waals surface area contributed by atoms with E-state index in [2.05, 4.69) is 10.3 Å². The maximum Gasteiger partial charge on any atom is 0.279 e. The Morgan fingerprint density at radius 2 is 1.72 bits per heavy atom. The van der Waals surface area contributed by atoms with Crippen LogP contribution in [0.5, 0.6) is 10.9 Å². The molecule has 0 aliphatic heterocycles. The molecule has 0 bridgehead atoms. The van der Waals surface area contributed by atoms with Crippen molar-refractivity contribution in [3.63, 3.8) is 0 Å². The van der Waals surface area contributed by atoms with Gasteiger partial charge in [0.2, 0.25) is 5.91 Å². The van der Waals surface area contributed by atoms with Crippen molar-refractivity contribution >= 4 is 27.5 Å². The molecule has 1 heterocycles. The van der Waals surface area contributed by atoms with Gasteiger partial charge in [0.25, 0.3) is 5.19 Å². The molecule has 130 valence electrons. The number of nitrogens with zero attached hydrogens (tertiary/aromatic N) is 1. The van der Waals surface area contributed by atoms with Gasteiger partial charge in [-0.25, -0.2) is 22.5 Å². The predicted octanol–water partition coefficient (Wildman–Crippen LogP) is 3.93. The van der Waals surface area contributed by atoms with Crippen LogP contribution in [0.2, 0.25) is 0 Å². The van der Waals surface area contributed by atoms with E-state index in [1.807, 2.05) is 0 Å². The summed E-state index contributed by atoms with van der Waals surface area (Å²) in [7, 11) is 1.36. The average Bonchev–Trinajstić information content (AvgIpc) is 2.92. The van der Waals surface area contributed by atoms with E-state index in [9.17, 15) is 22.4 Å². The first-order valence-corrected chi connectivity index (χ1v) is 7.81. The van der Waals surface area contributed by atoms with Crippen LogP contribution in [0.25, 0.3) is 10.2 Å². The maximum atomic E-state index is 14.0. The van der Waals surface area contributed by atoms with Crippen LogP contribution in [0.3, 0.4) is 0 Å². The van der Waals surface area contributed by atoms with Gasteiger partial charge >= 0.3 is 0 Å². The number of rotatable bonds is 4. The molecular formula is C16H10F4N2O2S. The zero-order chi connectivity index (χ0) is 18.1. The lowest BCUT2D eigenvalue weighted by Crippen LogP contribution is -2.21. The lowest BCUT2D eigenvalue weighted by Gasteiger charge is -2.07. The summed E-state index contributed by atoms with van der Waals surface area (Å²) in [5, 5.41) is 2.24. The van der Waals surface area contributed by atoms with Gasteiger partial charge in [-0.2, -0.15) is 0 Å². The molecule has 1 N–H and O–H groups in total. The third kappa shape index (κ3) is 3.55. The first-order chi connectivity index (χ1) is 11.9. The number of thiazole rings is 1. The molecule has 4 nitrogen and oxygen atoms in total. The average molecular weight is 370 g/mol. The van der Waals surface area contributed by atoms with Crippen LogP contribution in [0.4, 0.5) is 17.6 Å². The van der Waals surface area contributed by atoms with Gasteiger partial charge in [0, 0.05) is 30.8 Å². The molecule has 3 rings (SSSR count). The Morgan fingerprint density at radius 1 is 1.08 bits per heavy atom. The van der Waals surface area contributed by atoms with Gasteiger partial charge in [0.15, 0.2) is 11.6 Å². The largest absolute Gasteiger partial charge is 0.431 e. The van der Waals surface area contributed by atoms with E-state index in [0.717, 1.165) is 35.6 Å². The van der Waals surface area contributed by atoms with Crippen molar-refractivity contribution in [1.29, 1.82) is 0 Å². The lowest BCUT2D eigenvalue weighted by atomic mass is 10.1. The van der Waals surface area contributed by atoms with Gasteiger partial charge in [-0.1, -0.05) is 11.3 Å². The Labute approximate surface area is 143 Å². The van der Waals surface area contributed by atoms with Crippen molar-refractivity contribution < 1.29 is 27.1 Å². The maximum absolute atomic E-state index is 14.0. The summed E-state index contributed by atoms with van der Waals surface area (Å²) < 4.78 is 60.0. The smallest absolute Gasteiger partial charge is 0.279 e. The van der Waals surface area contributed by atoms with Crippen LogP contribution < -0.4 is 10.1 Å². The van der Waals surface area contributed by atoms with Crippen LogP contribution in [-0.2, 0) is 11.2 Å². The molecular weight excluding hydrogens is 360 g/mol. The molecule has 9 heteroatoms. The number of hydrogen-bond acceptors (Lipinski definition) is 4. The lowest BCUT2D eigenvalue weighted by molar-refractivity contribution is -0.120. The Morgan fingerprint density at radius 3 is 2.36 bits per heavy atom. The van der Waals surface area contributed by atoms with Crippen molar-refractivity contribution in [3.8, 4) is 10.9 Å². The molecule has 1 amide bonds. The second kappa shape index (κ2) is 6.67. The summed E-state index contributed by atoms with van der Waals surface area (Å²) in [5.74, 6) is -4.70. The summed E-state index contributed by atoms with van der Waals surface area (Å²) in [6, 6.07) is 3.69. The highest BCUT2D eigenvalue weighted by molar-refractivity contribution is 7.20. The van der Waals surface area contributed by atoms with Crippen LogP contribution in [0, 0.1) is 23.3 Å². The Balaban J connectivity index is 1.89. The number of amides is 1. The Bertz CT molecular complexity index is 912. The molecule has 2 aromatic carbocycles. The Kier molecular flexibility index (Phi) is 4.58. The first kappa shape index (κ1) is 17.2. The summed E-state index contributed by atoms with van der Waals surface area (Å²) in [6.07, 6.45) is -0.450. The van der Waals surface area contributed by atoms with Gasteiger partial charge in [0.05, 0.1) is 16.6 Å². The molecule has 0 aliphatic carbocycles. The summed E-state index contributed by atoms with van der Waals surface area (Å²) in [5.41, 5.74) is -0.226. The Hall–Kier alpha value is -2.68. The number of halogens is 4. The molecule has 0 aliphatic rings. The number of benzene rings is 2. The number of carbonyl (C=O) groups is 1. The van der Waals surface area contributed by atoms with E-state index in [0.29, 0.717) is 4.70 Å². The first-order valence-electron chi connectivity index (χ1n) is 6.99. The van der Waals surface area contributed by atoms with Crippen molar-refractivity contribution in [2.45, 2.75) is 6.42 Å². The fraction of sp³-hybridized carbons (Fsp3) is 0.125. The van der Waals surface area contributed by atoms with Crippen LogP contribution in [0.15, 0.2) is 24.3 Å². The monoisotopic (exact) mass is 370 g/mol. The number of carbonyl (C=O) groups excluding carboxylic acids is 1. The molecule has 25 heavy (non-hydrogen) atoms. The molecule has 1 aromatic heterocycles. The molecule has 0 saturated carbocycles. The summed E-state index contributed by atoms with van der Waals surface area (Å²) in [4.78, 5) is 15.2. The highest BCUT2D eigenvalue weighted by Gasteiger charge is 2.17. The number of nitrogens with one attached hydrogen (secondary N) is 1. The minimum atomic E-state index is -1.06. The number of likely N-dealkylation sites (N-methyl/N-ethyl adjacent to an activating group) is 1. The van der Waals surface area contributed by atoms with Crippen molar-refractivity contribution in [3.05, 3.63) is 53.1 Å². The van der Waals surface area contributed by atoms with Gasteiger partial charge in [-0.3, -0.25) is 4.79 Å². The van der Waals surface area contributed by atoms with Gasteiger partial charge in [-0.15, -0.1) is 0 Å². The number of hydrogen-bond donors (Lipinski definition) is 1. The fourth-order valence-electron chi connectivity index (χ4n) is 2.10. The second-order valence-electron chi connectivity index (χ2n) is 5.03. The second-order valence-corrected chi connectivity index (χ2v) is 6.02. The zero-order valence-corrected chi connectivity index (χ0v) is 13.5. The minimum absolute atomic E-state index is 0.0298. The van der Waals surface area contributed by atoms with Gasteiger partial charge in [-0.05, 0) is 6.07 Å². The molecule has 0 atom stereocenters. The van der Waals surface area contributed by atoms with E-state index in [-0.39, 0.29) is 22.0 Å². The van der Waals surface area contributed by atoms with Gasteiger partial charge in [0.1, 0.15) is 17.4 Å². The molecule has 0 radical (unpaired) electrons. The molecule has 3 aromatic rings. The SMILES string of the molecule is CNC(=O)Cc1c(F)cc(Oc2nc3cc(F)c(F)cc3s2)cc1F. The molecule has 0 saturated heterocycles. The van der Waals surface area contributed by atoms with Gasteiger partial charge < -0.3 is 10.1 Å². The van der Waals surface area contributed by atoms with E-state index in [1.165, 1.54) is 7.05 Å². The predicted molar refractivity (Wildman–Crippen MR) is 83.7 cm³/mol. The molecule has 0 unspecified atom stereocenters. The summed E-state index contributed by atoms with van der Waals surface area (Å²) >= 11 is 0.896. The highest BCUT2D eigenvalue weighted by Crippen LogP contribution is 2.33. The van der Waals surface area contributed by atoms with Crippen molar-refractivity contribution in [2.24, 2.45) is 0 Å². The van der Waals surface area contributed by atoms with Crippen molar-refractivity contribution in [1.82, 2.24) is 10.3 Å². The minimum Gasteiger partial charge on any atom is -0.431 e. The standard InChI is InChI=1S/C16H10F4N2O2S/c1-21-15(23)4-8-9(17)2-7(3-10(8)18)24-16-22-13-5-11(19)12(20)6-14(13)25-16/h2-3,5-6H,4H2,1H3,(H,21,23). The topological polar surface area (TPSA) is 51.2 Å². The van der Waals surface area contributed by atoms with Crippen LogP contribution >= 0.6 is 11.3 Å². The highest BCUT2D eigenvalue weighted by atomic mass is 32.1. The third-order valence-corrected chi connectivity index (χ3v) is 4.24. The third-order valence-electron chi connectivity index (χ3n) is 3.35. The van der Waals surface area contributed by atoms with E-state index in [1.54, 1.807) is 0 Å². The van der Waals surface area contributed by atoms with E-state index >= 15 is 0 Å². The van der Waals surface area contributed by atoms with Crippen LogP contribution in [-0.4, -0.2) is 17.9 Å². The number of ether oxygens (including phenoxy) is 1. The quantitative estimate of drug-likeness (QED) is 0.708. The normalized spacial score (nSPS) is 10.9. The number of aromatic nitrogens is 1. The zero-order valence-electron chi connectivity index (χ0n) is 12.7. The van der Waals surface area contributed by atoms with Crippen molar-refractivity contribution in [2.75, 3.05) is 7.05 Å². The number of fused-ring (bicyclic) bond motifs is 1. The molecule has 0 spiro atoms. The summed E-state index contributed by atoms with van der Waals surface area (Å²) in [6.45, 7) is 0.